The maximum atomic E-state index is 12.1. The van der Waals surface area contributed by atoms with Gasteiger partial charge in [-0.1, -0.05) is 18.2 Å². The third-order valence-corrected chi connectivity index (χ3v) is 1.91. The van der Waals surface area contributed by atoms with E-state index in [1.54, 1.807) is 12.2 Å². The number of hydrogen-bond donors (Lipinski definition) is 0. The summed E-state index contributed by atoms with van der Waals surface area (Å²) in [6.07, 6.45) is 3.10. The highest BCUT2D eigenvalue weighted by Gasteiger charge is 2.37. The summed E-state index contributed by atoms with van der Waals surface area (Å²) in [5.41, 5.74) is 0.366. The van der Waals surface area contributed by atoms with Gasteiger partial charge in [0.1, 0.15) is 0 Å². The van der Waals surface area contributed by atoms with E-state index in [0.717, 1.165) is 0 Å². The van der Waals surface area contributed by atoms with Gasteiger partial charge in [-0.05, 0) is 25.3 Å². The Kier molecular flexibility index (Phi) is 2.60. The standard InChI is InChI=1S/C9H10F3/c1-7(9(10,11)12)8-5-3-2-4-6-8/h2-3,5-7H,4H2,1H3/t7-/m0/s1. The van der Waals surface area contributed by atoms with Crippen molar-refractivity contribution in [1.82, 2.24) is 0 Å². The van der Waals surface area contributed by atoms with Gasteiger partial charge in [-0.2, -0.15) is 13.2 Å². The predicted octanol–water partition coefficient (Wildman–Crippen LogP) is 3.28. The first-order chi connectivity index (χ1) is 5.52. The van der Waals surface area contributed by atoms with Crippen molar-refractivity contribution in [3.63, 3.8) is 0 Å². The molecular formula is C9H10F3. The predicted molar refractivity (Wildman–Crippen MR) is 41.4 cm³/mol. The molecule has 0 unspecified atom stereocenters. The molecule has 0 aromatic carbocycles. The Labute approximate surface area is 69.8 Å². The number of allylic oxidation sites excluding steroid dienone is 4. The fraction of sp³-hybridized carbons (Fsp3) is 0.444. The molecule has 0 bridgehead atoms. The van der Waals surface area contributed by atoms with Crippen LogP contribution >= 0.6 is 0 Å². The van der Waals surface area contributed by atoms with Crippen molar-refractivity contribution >= 4 is 0 Å². The van der Waals surface area contributed by atoms with Crippen LogP contribution in [0.3, 0.4) is 0 Å². The third kappa shape index (κ3) is 2.13. The zero-order valence-electron chi connectivity index (χ0n) is 6.73. The van der Waals surface area contributed by atoms with Gasteiger partial charge in [0.25, 0.3) is 0 Å². The number of halogens is 3. The highest BCUT2D eigenvalue weighted by molar-refractivity contribution is 5.29. The molecule has 0 N–H and O–H groups in total. The van der Waals surface area contributed by atoms with Crippen molar-refractivity contribution in [3.8, 4) is 0 Å². The second-order valence-corrected chi connectivity index (χ2v) is 2.80. The van der Waals surface area contributed by atoms with Gasteiger partial charge in [0.15, 0.2) is 0 Å². The lowest BCUT2D eigenvalue weighted by Gasteiger charge is -2.18. The normalized spacial score (nSPS) is 20.5. The average molecular weight is 175 g/mol. The van der Waals surface area contributed by atoms with Crippen LogP contribution in [0.25, 0.3) is 0 Å². The molecule has 12 heavy (non-hydrogen) atoms. The largest absolute Gasteiger partial charge is 0.395 e. The van der Waals surface area contributed by atoms with E-state index in [0.29, 0.717) is 12.0 Å². The SMILES string of the molecule is C[C@@H](C1=CC[CH]C=C1)C(F)(F)F. The zero-order chi connectivity index (χ0) is 9.19. The van der Waals surface area contributed by atoms with Crippen LogP contribution in [0.15, 0.2) is 23.8 Å². The summed E-state index contributed by atoms with van der Waals surface area (Å²) in [5.74, 6) is -1.34. The molecule has 0 fully saturated rings. The molecule has 0 nitrogen and oxygen atoms in total. The smallest absolute Gasteiger partial charge is 0.170 e. The molecule has 0 aromatic heterocycles. The Morgan fingerprint density at radius 3 is 2.50 bits per heavy atom. The minimum absolute atomic E-state index is 0.366. The quantitative estimate of drug-likeness (QED) is 0.573. The van der Waals surface area contributed by atoms with E-state index in [-0.39, 0.29) is 0 Å². The second-order valence-electron chi connectivity index (χ2n) is 2.80. The van der Waals surface area contributed by atoms with Crippen LogP contribution < -0.4 is 0 Å². The maximum absolute atomic E-state index is 12.1. The highest BCUT2D eigenvalue weighted by atomic mass is 19.4. The lowest BCUT2D eigenvalue weighted by Crippen LogP contribution is -2.21. The molecule has 0 saturated heterocycles. The van der Waals surface area contributed by atoms with Gasteiger partial charge >= 0.3 is 6.18 Å². The molecule has 0 heterocycles. The molecule has 0 saturated carbocycles. The number of hydrogen-bond acceptors (Lipinski definition) is 0. The van der Waals surface area contributed by atoms with E-state index < -0.39 is 12.1 Å². The Morgan fingerprint density at radius 1 is 1.42 bits per heavy atom. The molecule has 0 aromatic rings. The van der Waals surface area contributed by atoms with Gasteiger partial charge in [-0.3, -0.25) is 0 Å². The van der Waals surface area contributed by atoms with Crippen molar-refractivity contribution < 1.29 is 13.2 Å². The lowest BCUT2D eigenvalue weighted by molar-refractivity contribution is -0.158. The summed E-state index contributed by atoms with van der Waals surface area (Å²) < 4.78 is 36.4. The van der Waals surface area contributed by atoms with Gasteiger partial charge < -0.3 is 0 Å². The monoisotopic (exact) mass is 175 g/mol. The van der Waals surface area contributed by atoms with E-state index in [2.05, 4.69) is 0 Å². The molecule has 0 amide bonds. The Bertz CT molecular complexity index is 210. The lowest BCUT2D eigenvalue weighted by atomic mass is 9.95. The first-order valence-corrected chi connectivity index (χ1v) is 3.78. The maximum Gasteiger partial charge on any atom is 0.395 e. The van der Waals surface area contributed by atoms with Crippen LogP contribution in [0.2, 0.25) is 0 Å². The van der Waals surface area contributed by atoms with E-state index in [1.165, 1.54) is 13.0 Å². The number of alkyl halides is 3. The van der Waals surface area contributed by atoms with E-state index >= 15 is 0 Å². The molecule has 1 atom stereocenters. The zero-order valence-corrected chi connectivity index (χ0v) is 6.73. The molecule has 1 aliphatic rings. The van der Waals surface area contributed by atoms with Crippen LogP contribution in [-0.2, 0) is 0 Å². The minimum Gasteiger partial charge on any atom is -0.170 e. The summed E-state index contributed by atoms with van der Waals surface area (Å²) in [6, 6.07) is 0. The van der Waals surface area contributed by atoms with E-state index in [1.807, 2.05) is 6.42 Å². The molecule has 1 aliphatic carbocycles. The molecule has 0 spiro atoms. The summed E-state index contributed by atoms with van der Waals surface area (Å²) in [4.78, 5) is 0. The van der Waals surface area contributed by atoms with E-state index in [4.69, 9.17) is 0 Å². The number of rotatable bonds is 1. The molecule has 1 rings (SSSR count). The van der Waals surface area contributed by atoms with Gasteiger partial charge in [0.2, 0.25) is 0 Å². The first kappa shape index (κ1) is 9.36. The fourth-order valence-corrected chi connectivity index (χ4v) is 1.04. The van der Waals surface area contributed by atoms with Crippen LogP contribution in [-0.4, -0.2) is 6.18 Å². The summed E-state index contributed by atoms with van der Waals surface area (Å²) >= 11 is 0. The Hall–Kier alpha value is -0.730. The van der Waals surface area contributed by atoms with Crippen molar-refractivity contribution in [2.75, 3.05) is 0 Å². The van der Waals surface area contributed by atoms with Crippen LogP contribution in [0, 0.1) is 12.3 Å². The molecule has 1 radical (unpaired) electrons. The van der Waals surface area contributed by atoms with Crippen LogP contribution in [0.4, 0.5) is 13.2 Å². The molecule has 67 valence electrons. The Balaban J connectivity index is 2.70. The van der Waals surface area contributed by atoms with Crippen LogP contribution in [0.5, 0.6) is 0 Å². The summed E-state index contributed by atoms with van der Waals surface area (Å²) in [7, 11) is 0. The first-order valence-electron chi connectivity index (χ1n) is 3.78. The van der Waals surface area contributed by atoms with E-state index in [9.17, 15) is 13.2 Å². The fourth-order valence-electron chi connectivity index (χ4n) is 1.04. The van der Waals surface area contributed by atoms with Gasteiger partial charge in [0.05, 0.1) is 5.92 Å². The van der Waals surface area contributed by atoms with Gasteiger partial charge in [-0.15, -0.1) is 0 Å². The van der Waals surface area contributed by atoms with Crippen molar-refractivity contribution in [2.45, 2.75) is 19.5 Å². The minimum atomic E-state index is -4.12. The van der Waals surface area contributed by atoms with Gasteiger partial charge in [0, 0.05) is 0 Å². The summed E-state index contributed by atoms with van der Waals surface area (Å²) in [5, 5.41) is 0. The van der Waals surface area contributed by atoms with Crippen molar-refractivity contribution in [3.05, 3.63) is 30.2 Å². The van der Waals surface area contributed by atoms with Gasteiger partial charge in [-0.25, -0.2) is 0 Å². The molecular weight excluding hydrogens is 165 g/mol. The summed E-state index contributed by atoms with van der Waals surface area (Å²) in [6.45, 7) is 1.18. The second kappa shape index (κ2) is 3.33. The Morgan fingerprint density at radius 2 is 2.08 bits per heavy atom. The molecule has 0 aliphatic heterocycles. The molecule has 3 heteroatoms. The third-order valence-electron chi connectivity index (χ3n) is 1.91. The van der Waals surface area contributed by atoms with Crippen LogP contribution in [0.1, 0.15) is 13.3 Å². The average Bonchev–Trinajstić information content (AvgIpc) is 2.03. The van der Waals surface area contributed by atoms with Crippen molar-refractivity contribution in [2.24, 2.45) is 5.92 Å². The highest BCUT2D eigenvalue weighted by Crippen LogP contribution is 2.33. The van der Waals surface area contributed by atoms with Crippen molar-refractivity contribution in [1.29, 1.82) is 0 Å². The topological polar surface area (TPSA) is 0 Å².